The molecule has 2 aliphatic heterocycles. The zero-order valence-corrected chi connectivity index (χ0v) is 19.6. The summed E-state index contributed by atoms with van der Waals surface area (Å²) >= 11 is 0. The van der Waals surface area contributed by atoms with Crippen molar-refractivity contribution in [3.8, 4) is 0 Å². The number of rotatable bonds is 6. The third-order valence-corrected chi connectivity index (χ3v) is 7.04. The lowest BCUT2D eigenvalue weighted by atomic mass is 9.82. The summed E-state index contributed by atoms with van der Waals surface area (Å²) in [7, 11) is 1.17. The van der Waals surface area contributed by atoms with Gasteiger partial charge in [-0.1, -0.05) is 25.1 Å². The predicted molar refractivity (Wildman–Crippen MR) is 118 cm³/mol. The van der Waals surface area contributed by atoms with Crippen molar-refractivity contribution < 1.29 is 58.8 Å². The maximum Gasteiger partial charge on any atom is 0.338 e. The lowest BCUT2D eigenvalue weighted by molar-refractivity contribution is -0.343. The first-order chi connectivity index (χ1) is 17.2. The number of methoxy groups -OCH3 is 1. The van der Waals surface area contributed by atoms with E-state index in [-0.39, 0.29) is 11.1 Å². The molecular formula is C24H30O12. The van der Waals surface area contributed by atoms with Gasteiger partial charge >= 0.3 is 11.9 Å². The van der Waals surface area contributed by atoms with Crippen molar-refractivity contribution in [2.24, 2.45) is 17.8 Å². The number of aliphatic hydroxyl groups excluding tert-OH is 5. The van der Waals surface area contributed by atoms with Crippen LogP contribution in [0.4, 0.5) is 0 Å². The van der Waals surface area contributed by atoms with Crippen LogP contribution >= 0.6 is 0 Å². The molecule has 1 aliphatic carbocycles. The summed E-state index contributed by atoms with van der Waals surface area (Å²) in [6.45, 7) is 1.03. The average molecular weight is 510 g/mol. The summed E-state index contributed by atoms with van der Waals surface area (Å²) in [5.74, 6) is -3.73. The molecule has 0 bridgehead atoms. The average Bonchev–Trinajstić information content (AvgIpc) is 3.14. The standard InChI is InChI=1S/C24H30O12/c1-10-14-15(17(27)20(10)35-21(30)11-6-4-3-5-7-11)12(22(31)32-2)9-33-23(14)36-24-19(29)18(28)16(26)13(8-25)34-24/h3-7,9-10,13-20,23-29H,8H2,1-2H3/t10-,13+,14-,15-,16-,17+,18-,19+,20-,23+,24+/m1/s1. The van der Waals surface area contributed by atoms with Gasteiger partial charge in [0.1, 0.15) is 30.5 Å². The van der Waals surface area contributed by atoms with Crippen molar-refractivity contribution in [2.45, 2.75) is 56.1 Å². The second-order valence-electron chi connectivity index (χ2n) is 9.09. The topological polar surface area (TPSA) is 181 Å². The molecule has 12 heteroatoms. The van der Waals surface area contributed by atoms with E-state index in [4.69, 9.17) is 23.7 Å². The van der Waals surface area contributed by atoms with E-state index in [1.807, 2.05) is 0 Å². The first kappa shape index (κ1) is 26.5. The van der Waals surface area contributed by atoms with E-state index >= 15 is 0 Å². The van der Waals surface area contributed by atoms with Crippen molar-refractivity contribution in [1.29, 1.82) is 0 Å². The zero-order valence-electron chi connectivity index (χ0n) is 19.6. The maximum atomic E-state index is 12.7. The molecule has 1 aromatic carbocycles. The Labute approximate surface area is 206 Å². The van der Waals surface area contributed by atoms with Gasteiger partial charge in [0.25, 0.3) is 0 Å². The van der Waals surface area contributed by atoms with E-state index in [0.29, 0.717) is 0 Å². The summed E-state index contributed by atoms with van der Waals surface area (Å²) in [5.41, 5.74) is 0.287. The van der Waals surface area contributed by atoms with Crippen molar-refractivity contribution in [3.05, 3.63) is 47.7 Å². The largest absolute Gasteiger partial charge is 0.472 e. The van der Waals surface area contributed by atoms with Crippen LogP contribution in [0.2, 0.25) is 0 Å². The van der Waals surface area contributed by atoms with Gasteiger partial charge in [-0.2, -0.15) is 0 Å². The van der Waals surface area contributed by atoms with Crippen LogP contribution in [-0.4, -0.2) is 100 Å². The summed E-state index contributed by atoms with van der Waals surface area (Å²) in [6.07, 6.45) is -10.2. The Hall–Kier alpha value is -2.58. The number of hydrogen-bond donors (Lipinski definition) is 5. The number of hydrogen-bond acceptors (Lipinski definition) is 12. The molecule has 4 rings (SSSR count). The monoisotopic (exact) mass is 510 g/mol. The van der Waals surface area contributed by atoms with Crippen molar-refractivity contribution in [2.75, 3.05) is 13.7 Å². The summed E-state index contributed by atoms with van der Waals surface area (Å²) < 4.78 is 27.3. The molecule has 1 aromatic rings. The molecule has 11 atom stereocenters. The molecule has 2 fully saturated rings. The normalized spacial score (nSPS) is 40.0. The minimum Gasteiger partial charge on any atom is -0.472 e. The van der Waals surface area contributed by atoms with Gasteiger partial charge in [0.2, 0.25) is 6.29 Å². The SMILES string of the molecule is COC(=O)C1=CO[C@@H](O[C@@H]2O[C@@H](CO)[C@@H](O)[C@@H](O)[C@@H]2O)[C@@H]2[C@@H](C)[C@@H](OC(=O)c3ccccc3)[C@@H](O)[C@H]12. The van der Waals surface area contributed by atoms with E-state index < -0.39 is 85.5 Å². The van der Waals surface area contributed by atoms with Gasteiger partial charge in [-0.05, 0) is 12.1 Å². The molecule has 0 aromatic heterocycles. The molecule has 1 saturated heterocycles. The number of ether oxygens (including phenoxy) is 5. The summed E-state index contributed by atoms with van der Waals surface area (Å²) in [5, 5.41) is 51.1. The van der Waals surface area contributed by atoms with Crippen molar-refractivity contribution in [3.63, 3.8) is 0 Å². The molecule has 1 saturated carbocycles. The molecule has 0 spiro atoms. The summed E-state index contributed by atoms with van der Waals surface area (Å²) in [4.78, 5) is 25.2. The number of esters is 2. The van der Waals surface area contributed by atoms with Gasteiger partial charge in [-0.3, -0.25) is 0 Å². The van der Waals surface area contributed by atoms with Gasteiger partial charge in [-0.15, -0.1) is 0 Å². The molecule has 198 valence electrons. The third kappa shape index (κ3) is 4.73. The van der Waals surface area contributed by atoms with Crippen LogP contribution in [-0.2, 0) is 28.5 Å². The Morgan fingerprint density at radius 1 is 0.944 bits per heavy atom. The Morgan fingerprint density at radius 2 is 1.64 bits per heavy atom. The fraction of sp³-hybridized carbons (Fsp3) is 0.583. The Kier molecular flexibility index (Phi) is 7.95. The number of benzene rings is 1. The van der Waals surface area contributed by atoms with E-state index in [9.17, 15) is 35.1 Å². The lowest BCUT2D eigenvalue weighted by Crippen LogP contribution is -2.60. The van der Waals surface area contributed by atoms with E-state index in [0.717, 1.165) is 6.26 Å². The van der Waals surface area contributed by atoms with Crippen LogP contribution < -0.4 is 0 Å². The van der Waals surface area contributed by atoms with E-state index in [1.54, 1.807) is 37.3 Å². The molecule has 2 heterocycles. The van der Waals surface area contributed by atoms with Crippen molar-refractivity contribution in [1.82, 2.24) is 0 Å². The number of aliphatic hydroxyl groups is 5. The molecular weight excluding hydrogens is 480 g/mol. The third-order valence-electron chi connectivity index (χ3n) is 7.04. The fourth-order valence-corrected chi connectivity index (χ4v) is 5.09. The second-order valence-corrected chi connectivity index (χ2v) is 9.09. The highest BCUT2D eigenvalue weighted by Gasteiger charge is 2.59. The Morgan fingerprint density at radius 3 is 2.28 bits per heavy atom. The van der Waals surface area contributed by atoms with E-state index in [2.05, 4.69) is 0 Å². The van der Waals surface area contributed by atoms with Crippen LogP contribution in [0, 0.1) is 17.8 Å². The number of carbonyl (C=O) groups is 2. The smallest absolute Gasteiger partial charge is 0.338 e. The zero-order chi connectivity index (χ0) is 26.1. The van der Waals surface area contributed by atoms with Crippen LogP contribution in [0.5, 0.6) is 0 Å². The summed E-state index contributed by atoms with van der Waals surface area (Å²) in [6, 6.07) is 8.21. The fourth-order valence-electron chi connectivity index (χ4n) is 5.09. The van der Waals surface area contributed by atoms with Crippen LogP contribution in [0.1, 0.15) is 17.3 Å². The van der Waals surface area contributed by atoms with Crippen molar-refractivity contribution >= 4 is 11.9 Å². The molecule has 0 amide bonds. The highest BCUT2D eigenvalue weighted by Crippen LogP contribution is 2.49. The van der Waals surface area contributed by atoms with Gasteiger partial charge in [-0.25, -0.2) is 9.59 Å². The van der Waals surface area contributed by atoms with Gasteiger partial charge in [0, 0.05) is 17.8 Å². The van der Waals surface area contributed by atoms with Crippen LogP contribution in [0.25, 0.3) is 0 Å². The van der Waals surface area contributed by atoms with Gasteiger partial charge < -0.3 is 49.2 Å². The number of carbonyl (C=O) groups excluding carboxylic acids is 2. The minimum absolute atomic E-state index is 0.00811. The highest BCUT2D eigenvalue weighted by molar-refractivity contribution is 5.90. The number of fused-ring (bicyclic) bond motifs is 1. The molecule has 3 aliphatic rings. The molecule has 12 nitrogen and oxygen atoms in total. The molecule has 36 heavy (non-hydrogen) atoms. The van der Waals surface area contributed by atoms with Gasteiger partial charge in [0.05, 0.1) is 37.2 Å². The highest BCUT2D eigenvalue weighted by atomic mass is 16.8. The van der Waals surface area contributed by atoms with Crippen LogP contribution in [0.3, 0.4) is 0 Å². The second kappa shape index (κ2) is 10.8. The first-order valence-corrected chi connectivity index (χ1v) is 11.5. The molecule has 0 unspecified atom stereocenters. The Bertz CT molecular complexity index is 965. The molecule has 5 N–H and O–H groups in total. The van der Waals surface area contributed by atoms with Gasteiger partial charge in [0.15, 0.2) is 6.29 Å². The Balaban J connectivity index is 1.60. The first-order valence-electron chi connectivity index (χ1n) is 11.5. The van der Waals surface area contributed by atoms with Crippen LogP contribution in [0.15, 0.2) is 42.2 Å². The molecule has 0 radical (unpaired) electrons. The maximum absolute atomic E-state index is 12.7. The van der Waals surface area contributed by atoms with E-state index in [1.165, 1.54) is 7.11 Å². The predicted octanol–water partition coefficient (Wildman–Crippen LogP) is -1.32. The quantitative estimate of drug-likeness (QED) is 0.285. The lowest BCUT2D eigenvalue weighted by Gasteiger charge is -2.43. The minimum atomic E-state index is -1.69.